The summed E-state index contributed by atoms with van der Waals surface area (Å²) in [5.74, 6) is 0.231. The van der Waals surface area contributed by atoms with E-state index in [9.17, 15) is 9.90 Å². The quantitative estimate of drug-likeness (QED) is 0.867. The molecular weight excluding hydrogens is 316 g/mol. The number of ether oxygens (including phenoxy) is 1. The van der Waals surface area contributed by atoms with Crippen molar-refractivity contribution >= 4 is 17.6 Å². The van der Waals surface area contributed by atoms with E-state index in [1.165, 1.54) is 0 Å². The molecule has 3 rings (SSSR count). The number of nitrogens with zero attached hydrogens (tertiary/aromatic N) is 1. The Morgan fingerprint density at radius 1 is 1.43 bits per heavy atom. The van der Waals surface area contributed by atoms with E-state index in [1.54, 1.807) is 7.11 Å². The lowest BCUT2D eigenvalue weighted by Crippen LogP contribution is -2.45. The van der Waals surface area contributed by atoms with Crippen molar-refractivity contribution in [1.29, 1.82) is 0 Å². The Hall–Kier alpha value is -1.30. The van der Waals surface area contributed by atoms with Gasteiger partial charge in [-0.05, 0) is 37.0 Å². The van der Waals surface area contributed by atoms with Crippen molar-refractivity contribution in [3.63, 3.8) is 0 Å². The standard InChI is InChI=1S/C17H23ClN2O3/c1-23-16(11-2-4-13(18)5-3-11)9-19-17(22)20-14-6-7-15(20)12(8-14)10-21/h2-5,12,14-16,21H,6-10H2,1H3,(H,19,22). The van der Waals surface area contributed by atoms with Gasteiger partial charge >= 0.3 is 6.03 Å². The largest absolute Gasteiger partial charge is 0.396 e. The number of hydrogen-bond acceptors (Lipinski definition) is 3. The van der Waals surface area contributed by atoms with Crippen LogP contribution in [-0.2, 0) is 4.74 Å². The lowest BCUT2D eigenvalue weighted by molar-refractivity contribution is 0.100. The summed E-state index contributed by atoms with van der Waals surface area (Å²) in [6, 6.07) is 7.85. The number of urea groups is 1. The number of benzene rings is 1. The fraction of sp³-hybridized carbons (Fsp3) is 0.588. The van der Waals surface area contributed by atoms with Crippen molar-refractivity contribution in [3.8, 4) is 0 Å². The normalized spacial score (nSPS) is 27.3. The van der Waals surface area contributed by atoms with Crippen molar-refractivity contribution in [1.82, 2.24) is 10.2 Å². The van der Waals surface area contributed by atoms with E-state index >= 15 is 0 Å². The zero-order chi connectivity index (χ0) is 16.4. The van der Waals surface area contributed by atoms with Gasteiger partial charge in [-0.1, -0.05) is 23.7 Å². The van der Waals surface area contributed by atoms with Gasteiger partial charge in [0, 0.05) is 43.3 Å². The van der Waals surface area contributed by atoms with Crippen molar-refractivity contribution in [2.24, 2.45) is 5.92 Å². The second-order valence-electron chi connectivity index (χ2n) is 6.35. The highest BCUT2D eigenvalue weighted by molar-refractivity contribution is 6.30. The number of hydrogen-bond donors (Lipinski definition) is 2. The van der Waals surface area contributed by atoms with Gasteiger partial charge in [-0.25, -0.2) is 4.79 Å². The first kappa shape index (κ1) is 16.6. The van der Waals surface area contributed by atoms with Crippen molar-refractivity contribution in [2.45, 2.75) is 37.5 Å². The number of methoxy groups -OCH3 is 1. The van der Waals surface area contributed by atoms with Crippen LogP contribution >= 0.6 is 11.6 Å². The molecule has 2 heterocycles. The number of fused-ring (bicyclic) bond motifs is 2. The van der Waals surface area contributed by atoms with Crippen molar-refractivity contribution in [2.75, 3.05) is 20.3 Å². The molecule has 2 bridgehead atoms. The Balaban J connectivity index is 1.59. The van der Waals surface area contributed by atoms with Gasteiger partial charge in [-0.15, -0.1) is 0 Å². The zero-order valence-corrected chi connectivity index (χ0v) is 14.0. The molecule has 2 N–H and O–H groups in total. The molecule has 0 spiro atoms. The van der Waals surface area contributed by atoms with Crippen LogP contribution in [0.4, 0.5) is 4.79 Å². The highest BCUT2D eigenvalue weighted by atomic mass is 35.5. The minimum Gasteiger partial charge on any atom is -0.396 e. The van der Waals surface area contributed by atoms with Gasteiger partial charge < -0.3 is 20.1 Å². The van der Waals surface area contributed by atoms with E-state index < -0.39 is 0 Å². The molecular formula is C17H23ClN2O3. The Labute approximate surface area is 141 Å². The summed E-state index contributed by atoms with van der Waals surface area (Å²) in [4.78, 5) is 14.5. The maximum atomic E-state index is 12.5. The minimum atomic E-state index is -0.204. The van der Waals surface area contributed by atoms with Crippen LogP contribution in [0, 0.1) is 5.92 Å². The van der Waals surface area contributed by atoms with Crippen LogP contribution in [0.2, 0.25) is 5.02 Å². The number of carbonyl (C=O) groups excluding carboxylic acids is 1. The molecule has 0 saturated carbocycles. The first-order chi connectivity index (χ1) is 11.1. The Morgan fingerprint density at radius 2 is 2.17 bits per heavy atom. The van der Waals surface area contributed by atoms with Crippen LogP contribution in [0.3, 0.4) is 0 Å². The summed E-state index contributed by atoms with van der Waals surface area (Å²) in [6.45, 7) is 0.577. The molecule has 4 atom stereocenters. The van der Waals surface area contributed by atoms with Crippen LogP contribution in [0.1, 0.15) is 30.9 Å². The van der Waals surface area contributed by atoms with Gasteiger partial charge in [0.25, 0.3) is 0 Å². The fourth-order valence-electron chi connectivity index (χ4n) is 3.91. The molecule has 5 nitrogen and oxygen atoms in total. The predicted molar refractivity (Wildman–Crippen MR) is 88.4 cm³/mol. The number of aliphatic hydroxyl groups is 1. The molecule has 126 valence electrons. The third kappa shape index (κ3) is 3.32. The Bertz CT molecular complexity index is 551. The highest BCUT2D eigenvalue weighted by Crippen LogP contribution is 2.41. The van der Waals surface area contributed by atoms with Crippen LogP contribution in [0.5, 0.6) is 0 Å². The molecule has 1 aromatic rings. The van der Waals surface area contributed by atoms with Crippen LogP contribution in [0.15, 0.2) is 24.3 Å². The maximum Gasteiger partial charge on any atom is 0.318 e. The Kier molecular flexibility index (Phi) is 5.09. The molecule has 2 fully saturated rings. The second-order valence-corrected chi connectivity index (χ2v) is 6.78. The summed E-state index contributed by atoms with van der Waals surface area (Å²) < 4.78 is 5.48. The lowest BCUT2D eigenvalue weighted by Gasteiger charge is -2.25. The van der Waals surface area contributed by atoms with Crippen molar-refractivity contribution in [3.05, 3.63) is 34.9 Å². The third-order valence-corrected chi connectivity index (χ3v) is 5.35. The van der Waals surface area contributed by atoms with E-state index in [0.717, 1.165) is 24.8 Å². The Morgan fingerprint density at radius 3 is 2.78 bits per heavy atom. The third-order valence-electron chi connectivity index (χ3n) is 5.10. The topological polar surface area (TPSA) is 61.8 Å². The van der Waals surface area contributed by atoms with Gasteiger partial charge in [0.2, 0.25) is 0 Å². The van der Waals surface area contributed by atoms with Crippen LogP contribution in [-0.4, -0.2) is 48.4 Å². The van der Waals surface area contributed by atoms with Crippen LogP contribution in [0.25, 0.3) is 0 Å². The smallest absolute Gasteiger partial charge is 0.318 e. The number of amides is 2. The summed E-state index contributed by atoms with van der Waals surface area (Å²) in [6.07, 6.45) is 2.75. The van der Waals surface area contributed by atoms with E-state index in [0.29, 0.717) is 11.6 Å². The summed E-state index contributed by atoms with van der Waals surface area (Å²) >= 11 is 5.90. The minimum absolute atomic E-state index is 0.0514. The average Bonchev–Trinajstić information content (AvgIpc) is 3.14. The lowest BCUT2D eigenvalue weighted by atomic mass is 9.90. The number of carbonyl (C=O) groups is 1. The van der Waals surface area contributed by atoms with E-state index in [2.05, 4.69) is 5.32 Å². The fourth-order valence-corrected chi connectivity index (χ4v) is 4.04. The average molecular weight is 339 g/mol. The first-order valence-electron chi connectivity index (χ1n) is 8.09. The molecule has 0 aromatic heterocycles. The summed E-state index contributed by atoms with van der Waals surface area (Å²) in [7, 11) is 1.63. The van der Waals surface area contributed by atoms with E-state index in [1.807, 2.05) is 29.2 Å². The monoisotopic (exact) mass is 338 g/mol. The summed E-state index contributed by atoms with van der Waals surface area (Å²) in [5.41, 5.74) is 0.981. The van der Waals surface area contributed by atoms with Crippen molar-refractivity contribution < 1.29 is 14.6 Å². The SMILES string of the molecule is COC(CNC(=O)N1C2CCC1C(CO)C2)c1ccc(Cl)cc1. The molecule has 2 saturated heterocycles. The second kappa shape index (κ2) is 7.07. The van der Waals surface area contributed by atoms with E-state index in [-0.39, 0.29) is 36.7 Å². The van der Waals surface area contributed by atoms with Crippen LogP contribution < -0.4 is 5.32 Å². The highest BCUT2D eigenvalue weighted by Gasteiger charge is 2.48. The molecule has 6 heteroatoms. The van der Waals surface area contributed by atoms with Gasteiger partial charge in [0.1, 0.15) is 0 Å². The molecule has 2 amide bonds. The number of aliphatic hydroxyl groups excluding tert-OH is 1. The first-order valence-corrected chi connectivity index (χ1v) is 8.47. The molecule has 0 radical (unpaired) electrons. The molecule has 0 aliphatic carbocycles. The van der Waals surface area contributed by atoms with Gasteiger partial charge in [0.05, 0.1) is 6.10 Å². The molecule has 1 aromatic carbocycles. The van der Waals surface area contributed by atoms with Gasteiger partial charge in [-0.3, -0.25) is 0 Å². The summed E-state index contributed by atoms with van der Waals surface area (Å²) in [5, 5.41) is 13.1. The molecule has 2 aliphatic rings. The molecule has 4 unspecified atom stereocenters. The van der Waals surface area contributed by atoms with Gasteiger partial charge in [0.15, 0.2) is 0 Å². The molecule has 23 heavy (non-hydrogen) atoms. The predicted octanol–water partition coefficient (Wildman–Crippen LogP) is 2.58. The van der Waals surface area contributed by atoms with Gasteiger partial charge in [-0.2, -0.15) is 0 Å². The number of nitrogens with one attached hydrogen (secondary N) is 1. The zero-order valence-electron chi connectivity index (χ0n) is 13.2. The number of halogens is 1. The molecule has 2 aliphatic heterocycles. The number of rotatable bonds is 5. The van der Waals surface area contributed by atoms with E-state index in [4.69, 9.17) is 16.3 Å². The maximum absolute atomic E-state index is 12.5.